The van der Waals surface area contributed by atoms with Crippen molar-refractivity contribution in [3.8, 4) is 5.75 Å². The zero-order valence-corrected chi connectivity index (χ0v) is 18.9. The number of methoxy groups -OCH3 is 1. The van der Waals surface area contributed by atoms with Gasteiger partial charge in [0, 0.05) is 6.54 Å². The quantitative estimate of drug-likeness (QED) is 0.720. The van der Waals surface area contributed by atoms with Crippen molar-refractivity contribution in [2.24, 2.45) is 0 Å². The maximum Gasteiger partial charge on any atom is 0.338 e. The van der Waals surface area contributed by atoms with Gasteiger partial charge >= 0.3 is 5.97 Å². The van der Waals surface area contributed by atoms with E-state index in [1.165, 1.54) is 13.2 Å². The molecule has 0 spiro atoms. The van der Waals surface area contributed by atoms with Gasteiger partial charge in [0.1, 0.15) is 30.0 Å². The van der Waals surface area contributed by atoms with E-state index in [1.807, 2.05) is 12.1 Å². The highest BCUT2D eigenvalue weighted by Gasteiger charge is 2.45. The van der Waals surface area contributed by atoms with Gasteiger partial charge in [-0.15, -0.1) is 0 Å². The first-order chi connectivity index (χ1) is 15.4. The number of likely N-dealkylation sites (tertiary alicyclic amines) is 1. The van der Waals surface area contributed by atoms with Crippen LogP contribution in [0.2, 0.25) is 0 Å². The minimum Gasteiger partial charge on any atom is -0.489 e. The molecule has 0 radical (unpaired) electrons. The predicted octanol–water partition coefficient (Wildman–Crippen LogP) is 4.22. The van der Waals surface area contributed by atoms with Crippen molar-refractivity contribution in [3.05, 3.63) is 53.3 Å². The first-order valence-corrected chi connectivity index (χ1v) is 11.3. The zero-order valence-electron chi connectivity index (χ0n) is 18.9. The molecule has 7 heteroatoms. The first-order valence-electron chi connectivity index (χ1n) is 11.3. The molecule has 0 aliphatic carbocycles. The molecular formula is C25H30FN3O3. The van der Waals surface area contributed by atoms with Crippen LogP contribution in [0.5, 0.6) is 5.75 Å². The highest BCUT2D eigenvalue weighted by Crippen LogP contribution is 2.49. The monoisotopic (exact) mass is 439 g/mol. The molecule has 2 aromatic rings. The van der Waals surface area contributed by atoms with Crippen LogP contribution in [-0.4, -0.2) is 55.9 Å². The smallest absolute Gasteiger partial charge is 0.338 e. The summed E-state index contributed by atoms with van der Waals surface area (Å²) in [5.74, 6) is 0.606. The van der Waals surface area contributed by atoms with Gasteiger partial charge in [-0.2, -0.15) is 0 Å². The van der Waals surface area contributed by atoms with Crippen molar-refractivity contribution in [2.45, 2.75) is 44.3 Å². The van der Waals surface area contributed by atoms with Crippen LogP contribution in [0.4, 0.5) is 15.8 Å². The Morgan fingerprint density at radius 2 is 2.03 bits per heavy atom. The van der Waals surface area contributed by atoms with E-state index in [0.717, 1.165) is 55.2 Å². The molecule has 3 heterocycles. The highest BCUT2D eigenvalue weighted by atomic mass is 19.1. The molecule has 1 N–H and O–H groups in total. The lowest BCUT2D eigenvalue weighted by atomic mass is 9.89. The number of hydrogen-bond acceptors (Lipinski definition) is 6. The minimum absolute atomic E-state index is 0.0845. The fourth-order valence-electron chi connectivity index (χ4n) is 5.34. The van der Waals surface area contributed by atoms with Crippen LogP contribution in [0.15, 0.2) is 36.4 Å². The minimum atomic E-state index is -0.367. The van der Waals surface area contributed by atoms with Crippen LogP contribution < -0.4 is 15.0 Å². The summed E-state index contributed by atoms with van der Waals surface area (Å²) in [4.78, 5) is 17.0. The van der Waals surface area contributed by atoms with Gasteiger partial charge in [0.25, 0.3) is 0 Å². The van der Waals surface area contributed by atoms with E-state index in [9.17, 15) is 9.18 Å². The van der Waals surface area contributed by atoms with Crippen LogP contribution in [0.3, 0.4) is 0 Å². The molecule has 32 heavy (non-hydrogen) atoms. The summed E-state index contributed by atoms with van der Waals surface area (Å²) in [5, 5.41) is 3.64. The number of anilines is 2. The van der Waals surface area contributed by atoms with E-state index in [1.54, 1.807) is 18.2 Å². The van der Waals surface area contributed by atoms with Crippen LogP contribution in [-0.2, 0) is 4.74 Å². The van der Waals surface area contributed by atoms with Gasteiger partial charge in [-0.1, -0.05) is 12.1 Å². The number of esters is 1. The zero-order chi connectivity index (χ0) is 22.5. The van der Waals surface area contributed by atoms with E-state index in [0.29, 0.717) is 18.1 Å². The van der Waals surface area contributed by atoms with Crippen molar-refractivity contribution in [2.75, 3.05) is 43.6 Å². The third-order valence-corrected chi connectivity index (χ3v) is 6.94. The normalized spacial score (nSPS) is 22.1. The number of carbonyl (C=O) groups is 1. The summed E-state index contributed by atoms with van der Waals surface area (Å²) in [6.45, 7) is 7.72. The molecule has 0 aromatic heterocycles. The maximum atomic E-state index is 13.6. The molecule has 6 nitrogen and oxygen atoms in total. The van der Waals surface area contributed by atoms with E-state index in [4.69, 9.17) is 9.47 Å². The van der Waals surface area contributed by atoms with Gasteiger partial charge in [-0.3, -0.25) is 4.90 Å². The molecule has 2 aromatic carbocycles. The van der Waals surface area contributed by atoms with Gasteiger partial charge in [-0.05, 0) is 75.5 Å². The van der Waals surface area contributed by atoms with Gasteiger partial charge in [0.15, 0.2) is 0 Å². The third-order valence-electron chi connectivity index (χ3n) is 6.94. The van der Waals surface area contributed by atoms with Crippen LogP contribution in [0.1, 0.15) is 48.5 Å². The number of nitrogens with one attached hydrogen (secondary N) is 1. The van der Waals surface area contributed by atoms with Crippen molar-refractivity contribution >= 4 is 17.3 Å². The highest BCUT2D eigenvalue weighted by molar-refractivity contribution is 5.96. The lowest BCUT2D eigenvalue weighted by Gasteiger charge is -2.46. The Balaban J connectivity index is 1.32. The number of halogens is 1. The van der Waals surface area contributed by atoms with E-state index in [-0.39, 0.29) is 23.5 Å². The molecule has 0 bridgehead atoms. The molecule has 1 atom stereocenters. The van der Waals surface area contributed by atoms with E-state index >= 15 is 0 Å². The number of nitrogens with zero attached hydrogens (tertiary/aromatic N) is 2. The number of piperidine rings is 1. The number of benzene rings is 2. The Morgan fingerprint density at radius 1 is 1.25 bits per heavy atom. The average molecular weight is 440 g/mol. The summed E-state index contributed by atoms with van der Waals surface area (Å²) in [7, 11) is 1.39. The summed E-state index contributed by atoms with van der Waals surface area (Å²) >= 11 is 0. The third kappa shape index (κ3) is 3.68. The van der Waals surface area contributed by atoms with Gasteiger partial charge in [-0.25, -0.2) is 9.18 Å². The summed E-state index contributed by atoms with van der Waals surface area (Å²) in [6.07, 6.45) is 2.13. The molecule has 0 saturated carbocycles. The second-order valence-electron chi connectivity index (χ2n) is 9.62. The number of ether oxygens (including phenoxy) is 2. The second kappa shape index (κ2) is 7.96. The van der Waals surface area contributed by atoms with E-state index < -0.39 is 0 Å². The molecule has 5 rings (SSSR count). The molecule has 1 saturated heterocycles. The van der Waals surface area contributed by atoms with Crippen molar-refractivity contribution in [3.63, 3.8) is 0 Å². The molecule has 1 unspecified atom stereocenters. The van der Waals surface area contributed by atoms with Crippen molar-refractivity contribution in [1.82, 2.24) is 4.90 Å². The van der Waals surface area contributed by atoms with Gasteiger partial charge < -0.3 is 19.7 Å². The topological polar surface area (TPSA) is 54.0 Å². The van der Waals surface area contributed by atoms with Gasteiger partial charge in [0.05, 0.1) is 23.9 Å². The van der Waals surface area contributed by atoms with E-state index in [2.05, 4.69) is 29.0 Å². The Morgan fingerprint density at radius 3 is 2.75 bits per heavy atom. The lowest BCUT2D eigenvalue weighted by Crippen LogP contribution is -2.58. The van der Waals surface area contributed by atoms with Crippen LogP contribution in [0, 0.1) is 5.82 Å². The SMILES string of the molecule is COC(=O)c1cc2c3c(c1)OCC(C)(C)N3C(CN1CCC(c3cccc(F)c3)CC1)N2. The Bertz CT molecular complexity index is 1030. The predicted molar refractivity (Wildman–Crippen MR) is 122 cm³/mol. The molecular weight excluding hydrogens is 409 g/mol. The molecule has 170 valence electrons. The Hall–Kier alpha value is -2.80. The number of rotatable bonds is 4. The van der Waals surface area contributed by atoms with Crippen LogP contribution in [0.25, 0.3) is 0 Å². The molecule has 3 aliphatic heterocycles. The van der Waals surface area contributed by atoms with Crippen molar-refractivity contribution in [1.29, 1.82) is 0 Å². The molecule has 3 aliphatic rings. The summed E-state index contributed by atoms with van der Waals surface area (Å²) in [5.41, 5.74) is 3.35. The fourth-order valence-corrected chi connectivity index (χ4v) is 5.34. The standard InChI is InChI=1S/C25H30FN3O3/c1-25(2)15-32-21-13-18(24(30)31-3)12-20-23(21)29(25)22(27-20)14-28-9-7-16(8-10-28)17-5-4-6-19(26)11-17/h4-6,11-13,16,22,27H,7-10,14-15H2,1-3H3. The Kier molecular flexibility index (Phi) is 5.24. The number of carbonyl (C=O) groups excluding carboxylic acids is 1. The Labute approximate surface area is 188 Å². The summed E-state index contributed by atoms with van der Waals surface area (Å²) in [6, 6.07) is 10.7. The summed E-state index contributed by atoms with van der Waals surface area (Å²) < 4.78 is 24.6. The largest absolute Gasteiger partial charge is 0.489 e. The van der Waals surface area contributed by atoms with Gasteiger partial charge in [0.2, 0.25) is 0 Å². The average Bonchev–Trinajstić information content (AvgIpc) is 3.16. The fraction of sp³-hybridized carbons (Fsp3) is 0.480. The molecule has 1 fully saturated rings. The lowest BCUT2D eigenvalue weighted by molar-refractivity contribution is 0.0600. The van der Waals surface area contributed by atoms with Crippen LogP contribution >= 0.6 is 0 Å². The van der Waals surface area contributed by atoms with Crippen molar-refractivity contribution < 1.29 is 18.7 Å². The number of hydrogen-bond donors (Lipinski definition) is 1. The second-order valence-corrected chi connectivity index (χ2v) is 9.62. The molecule has 0 amide bonds. The first kappa shape index (κ1) is 21.1. The maximum absolute atomic E-state index is 13.6.